The van der Waals surface area contributed by atoms with E-state index in [2.05, 4.69) is 0 Å². The fraction of sp³-hybridized carbons (Fsp3) is 0.562. The average molecular weight is 244 g/mol. The van der Waals surface area contributed by atoms with Gasteiger partial charge in [0.15, 0.2) is 0 Å². The van der Waals surface area contributed by atoms with Gasteiger partial charge in [0.2, 0.25) is 0 Å². The average Bonchev–Trinajstić information content (AvgIpc) is 2.36. The van der Waals surface area contributed by atoms with Crippen molar-refractivity contribution in [1.82, 2.24) is 0 Å². The molecule has 96 valence electrons. The van der Waals surface area contributed by atoms with Gasteiger partial charge in [-0.25, -0.2) is 0 Å². The summed E-state index contributed by atoms with van der Waals surface area (Å²) in [5.41, 5.74) is 0. The molecule has 0 aromatic heterocycles. The second-order valence-electron chi connectivity index (χ2n) is 5.82. The Labute approximate surface area is 107 Å². The second kappa shape index (κ2) is 4.75. The molecular weight excluding hydrogens is 224 g/mol. The Kier molecular flexibility index (Phi) is 3.11. The van der Waals surface area contributed by atoms with Gasteiger partial charge in [-0.3, -0.25) is 4.79 Å². The van der Waals surface area contributed by atoms with Crippen molar-refractivity contribution in [3.8, 4) is 5.75 Å². The molecule has 4 rings (SSSR count). The van der Waals surface area contributed by atoms with Crippen LogP contribution < -0.4 is 0 Å². The Morgan fingerprint density at radius 2 is 1.83 bits per heavy atom. The van der Waals surface area contributed by atoms with E-state index in [1.807, 2.05) is 12.1 Å². The van der Waals surface area contributed by atoms with Crippen molar-refractivity contribution < 1.29 is 9.90 Å². The van der Waals surface area contributed by atoms with Crippen LogP contribution in [0.5, 0.6) is 5.75 Å². The van der Waals surface area contributed by atoms with Crippen LogP contribution >= 0.6 is 0 Å². The molecule has 0 radical (unpaired) electrons. The molecule has 0 spiro atoms. The first-order valence-corrected chi connectivity index (χ1v) is 7.09. The van der Waals surface area contributed by atoms with E-state index >= 15 is 0 Å². The van der Waals surface area contributed by atoms with Gasteiger partial charge in [0, 0.05) is 18.1 Å². The lowest BCUT2D eigenvalue weighted by molar-refractivity contribution is -0.123. The van der Waals surface area contributed by atoms with Gasteiger partial charge in [-0.15, -0.1) is 0 Å². The fourth-order valence-corrected chi connectivity index (χ4v) is 3.44. The molecule has 2 nitrogen and oxygen atoms in total. The molecule has 2 heteroatoms. The number of Topliss-reactive ketones (excluding diaryl/α,β-unsaturated/α-hetero) is 1. The maximum Gasteiger partial charge on any atom is 0.133 e. The minimum absolute atomic E-state index is 0.442. The van der Waals surface area contributed by atoms with Crippen molar-refractivity contribution in [1.29, 1.82) is 0 Å². The number of ketones is 1. The molecule has 1 N–H and O–H groups in total. The number of fused-ring (bicyclic) bond motifs is 1. The molecule has 2 saturated carbocycles. The highest BCUT2D eigenvalue weighted by Crippen LogP contribution is 2.38. The van der Waals surface area contributed by atoms with Gasteiger partial charge in [0.05, 0.1) is 0 Å². The highest BCUT2D eigenvalue weighted by atomic mass is 16.3. The minimum Gasteiger partial charge on any atom is -0.507 e. The third-order valence-electron chi connectivity index (χ3n) is 4.66. The van der Waals surface area contributed by atoms with Crippen LogP contribution in [0.2, 0.25) is 0 Å². The molecule has 0 aromatic carbocycles. The Morgan fingerprint density at radius 3 is 2.33 bits per heavy atom. The third-order valence-corrected chi connectivity index (χ3v) is 4.66. The molecule has 0 heterocycles. The van der Waals surface area contributed by atoms with Gasteiger partial charge in [0.1, 0.15) is 11.5 Å². The van der Waals surface area contributed by atoms with Crippen molar-refractivity contribution in [2.24, 2.45) is 11.8 Å². The topological polar surface area (TPSA) is 37.3 Å². The highest BCUT2D eigenvalue weighted by Gasteiger charge is 2.30. The Balaban J connectivity index is 0.000000122. The maximum atomic E-state index is 11.1. The lowest BCUT2D eigenvalue weighted by Crippen LogP contribution is -2.27. The zero-order chi connectivity index (χ0) is 12.5. The van der Waals surface area contributed by atoms with Crippen molar-refractivity contribution in [2.45, 2.75) is 44.9 Å². The molecular formula is C16H20O2. The van der Waals surface area contributed by atoms with E-state index in [0.717, 1.165) is 29.9 Å². The third kappa shape index (κ3) is 2.16. The lowest BCUT2D eigenvalue weighted by atomic mass is 9.71. The molecule has 0 amide bonds. The largest absolute Gasteiger partial charge is 0.507 e. The summed E-state index contributed by atoms with van der Waals surface area (Å²) in [5.74, 6) is 2.66. The predicted octanol–water partition coefficient (Wildman–Crippen LogP) is 3.54. The van der Waals surface area contributed by atoms with Gasteiger partial charge in [-0.2, -0.15) is 0 Å². The second-order valence-corrected chi connectivity index (χ2v) is 5.82. The molecule has 2 fully saturated rings. The summed E-state index contributed by atoms with van der Waals surface area (Å²) in [6.07, 6.45) is 8.49. The summed E-state index contributed by atoms with van der Waals surface area (Å²) in [6.45, 7) is 0. The summed E-state index contributed by atoms with van der Waals surface area (Å²) in [7, 11) is 0. The zero-order valence-electron chi connectivity index (χ0n) is 10.7. The van der Waals surface area contributed by atoms with Gasteiger partial charge >= 0.3 is 0 Å². The molecule has 18 heavy (non-hydrogen) atoms. The maximum absolute atomic E-state index is 11.1. The summed E-state index contributed by atoms with van der Waals surface area (Å²) < 4.78 is 0. The Morgan fingerprint density at radius 1 is 1.06 bits per heavy atom. The molecule has 0 aromatic rings. The first-order chi connectivity index (χ1) is 8.74. The van der Waals surface area contributed by atoms with E-state index < -0.39 is 0 Å². The van der Waals surface area contributed by atoms with E-state index in [1.165, 1.54) is 37.3 Å². The number of phenolic OH excluding ortho intramolecular Hbond substituents is 1. The summed E-state index contributed by atoms with van der Waals surface area (Å²) in [4.78, 5) is 11.1. The molecule has 2 unspecified atom stereocenters. The molecule has 0 bridgehead atoms. The van der Waals surface area contributed by atoms with E-state index in [1.54, 1.807) is 6.07 Å². The van der Waals surface area contributed by atoms with Crippen molar-refractivity contribution in [3.05, 3.63) is 28.6 Å². The van der Waals surface area contributed by atoms with Crippen molar-refractivity contribution in [2.75, 3.05) is 0 Å². The number of hydrogen-bond donors (Lipinski definition) is 1. The molecule has 4 aliphatic carbocycles. The lowest BCUT2D eigenvalue weighted by Gasteiger charge is -2.34. The van der Waals surface area contributed by atoms with Gasteiger partial charge in [0.25, 0.3) is 0 Å². The zero-order valence-corrected chi connectivity index (χ0v) is 10.7. The van der Waals surface area contributed by atoms with E-state index in [0.29, 0.717) is 11.5 Å². The van der Waals surface area contributed by atoms with Crippen LogP contribution in [-0.4, -0.2) is 10.9 Å². The summed E-state index contributed by atoms with van der Waals surface area (Å²) in [5, 5.41) is 10.9. The summed E-state index contributed by atoms with van der Waals surface area (Å²) >= 11 is 0. The van der Waals surface area contributed by atoms with Gasteiger partial charge in [-0.1, -0.05) is 31.4 Å². The number of carbonyl (C=O) groups is 1. The molecule has 4 aliphatic rings. The van der Waals surface area contributed by atoms with Crippen LogP contribution in [0, 0.1) is 22.3 Å². The van der Waals surface area contributed by atoms with Crippen LogP contribution in [0.1, 0.15) is 44.9 Å². The fourth-order valence-electron chi connectivity index (χ4n) is 3.44. The summed E-state index contributed by atoms with van der Waals surface area (Å²) in [6, 6.07) is 5.65. The standard InChI is InChI=1S/C10H16O.C6H4O/c11-10-6-5-8-3-1-2-4-9(8)7-10;7-6-3-4-1-2-5(4)6/h8-9H,1-7H2;1-3,7H. The quantitative estimate of drug-likeness (QED) is 0.769. The first kappa shape index (κ1) is 11.8. The van der Waals surface area contributed by atoms with Crippen molar-refractivity contribution in [3.63, 3.8) is 0 Å². The van der Waals surface area contributed by atoms with E-state index in [-0.39, 0.29) is 0 Å². The monoisotopic (exact) mass is 244 g/mol. The van der Waals surface area contributed by atoms with E-state index in [4.69, 9.17) is 5.11 Å². The SMILES string of the molecule is O=C1CCC2CCCCC2C1.Oc1cc2ccc1=2. The molecule has 2 atom stereocenters. The number of benzene rings is 1. The number of carbonyl (C=O) groups excluding carboxylic acids is 1. The van der Waals surface area contributed by atoms with Crippen molar-refractivity contribution >= 4 is 5.78 Å². The Bertz CT molecular complexity index is 547. The van der Waals surface area contributed by atoms with Gasteiger partial charge < -0.3 is 5.11 Å². The number of phenols is 1. The number of rotatable bonds is 0. The van der Waals surface area contributed by atoms with E-state index in [9.17, 15) is 4.79 Å². The molecule has 0 saturated heterocycles. The normalized spacial score (nSPS) is 27.9. The Hall–Kier alpha value is -1.31. The number of aromatic hydroxyl groups is 1. The van der Waals surface area contributed by atoms with Gasteiger partial charge in [-0.05, 0) is 36.0 Å². The van der Waals surface area contributed by atoms with Crippen LogP contribution in [0.15, 0.2) is 18.2 Å². The predicted molar refractivity (Wildman–Crippen MR) is 70.1 cm³/mol. The van der Waals surface area contributed by atoms with Crippen LogP contribution in [0.3, 0.4) is 0 Å². The smallest absolute Gasteiger partial charge is 0.133 e. The van der Waals surface area contributed by atoms with Crippen LogP contribution in [0.4, 0.5) is 0 Å². The van der Waals surface area contributed by atoms with Crippen LogP contribution in [-0.2, 0) is 4.79 Å². The highest BCUT2D eigenvalue weighted by molar-refractivity contribution is 5.79. The van der Waals surface area contributed by atoms with Crippen LogP contribution in [0.25, 0.3) is 0 Å². The molecule has 0 aliphatic heterocycles. The minimum atomic E-state index is 0.442. The first-order valence-electron chi connectivity index (χ1n) is 7.09. The number of hydrogen-bond acceptors (Lipinski definition) is 2.